The molecule has 0 radical (unpaired) electrons. The zero-order chi connectivity index (χ0) is 25.7. The van der Waals surface area contributed by atoms with Crippen molar-refractivity contribution in [3.8, 4) is 5.82 Å². The minimum atomic E-state index is -4.48. The summed E-state index contributed by atoms with van der Waals surface area (Å²) in [6, 6.07) is 1.73. The van der Waals surface area contributed by atoms with Crippen LogP contribution in [0.3, 0.4) is 0 Å². The number of nitrogens with zero attached hydrogens (tertiary/aromatic N) is 6. The lowest BCUT2D eigenvalue weighted by Gasteiger charge is -2.44. The van der Waals surface area contributed by atoms with Crippen LogP contribution in [0, 0.1) is 6.92 Å². The van der Waals surface area contributed by atoms with Crippen molar-refractivity contribution < 1.29 is 22.7 Å². The van der Waals surface area contributed by atoms with Crippen LogP contribution in [0.25, 0.3) is 16.9 Å². The molecule has 1 amide bonds. The molecular weight excluding hydrogens is 461 g/mol. The molecule has 1 aliphatic rings. The molecule has 0 saturated carbocycles. The molecule has 0 aliphatic carbocycles. The first-order chi connectivity index (χ1) is 16.3. The third kappa shape index (κ3) is 4.89. The molecule has 3 aromatic rings. The van der Waals surface area contributed by atoms with Crippen LogP contribution < -0.4 is 4.90 Å². The third-order valence-corrected chi connectivity index (χ3v) is 5.96. The monoisotopic (exact) mass is 490 g/mol. The van der Waals surface area contributed by atoms with Gasteiger partial charge in [-0.15, -0.1) is 0 Å². The molecule has 35 heavy (non-hydrogen) atoms. The Hall–Kier alpha value is -3.37. The number of halogens is 3. The molecule has 1 aliphatic heterocycles. The number of hydrogen-bond donors (Lipinski definition) is 0. The molecule has 8 nitrogen and oxygen atoms in total. The number of carbonyl (C=O) groups excluding carboxylic acids is 1. The van der Waals surface area contributed by atoms with Crippen molar-refractivity contribution in [1.82, 2.24) is 24.4 Å². The van der Waals surface area contributed by atoms with Gasteiger partial charge in [-0.3, -0.25) is 4.57 Å². The molecule has 0 unspecified atom stereocenters. The quantitative estimate of drug-likeness (QED) is 0.505. The average molecular weight is 491 g/mol. The highest BCUT2D eigenvalue weighted by Gasteiger charge is 2.36. The van der Waals surface area contributed by atoms with Crippen molar-refractivity contribution in [2.75, 3.05) is 18.0 Å². The van der Waals surface area contributed by atoms with Gasteiger partial charge < -0.3 is 14.5 Å². The number of amides is 1. The normalized spacial score (nSPS) is 19.3. The van der Waals surface area contributed by atoms with Crippen LogP contribution in [-0.4, -0.2) is 61.3 Å². The van der Waals surface area contributed by atoms with E-state index in [0.29, 0.717) is 24.6 Å². The maximum atomic E-state index is 13.3. The zero-order valence-electron chi connectivity index (χ0n) is 20.6. The summed E-state index contributed by atoms with van der Waals surface area (Å²) in [6.45, 7) is 12.3. The number of ether oxygens (including phenoxy) is 1. The van der Waals surface area contributed by atoms with Crippen molar-refractivity contribution in [3.05, 3.63) is 42.0 Å². The Morgan fingerprint density at radius 2 is 1.80 bits per heavy atom. The maximum Gasteiger partial charge on any atom is 0.416 e. The van der Waals surface area contributed by atoms with E-state index in [1.165, 1.54) is 6.33 Å². The summed E-state index contributed by atoms with van der Waals surface area (Å²) in [5, 5.41) is 0.733. The fraction of sp³-hybridized carbons (Fsp3) is 0.500. The number of aryl methyl sites for hydroxylation is 1. The van der Waals surface area contributed by atoms with Crippen LogP contribution in [0.1, 0.15) is 45.7 Å². The second-order valence-electron chi connectivity index (χ2n) is 9.96. The number of pyridine rings is 1. The van der Waals surface area contributed by atoms with Crippen LogP contribution in [-0.2, 0) is 10.9 Å². The van der Waals surface area contributed by atoms with Gasteiger partial charge in [-0.25, -0.2) is 19.7 Å². The van der Waals surface area contributed by atoms with Crippen molar-refractivity contribution in [3.63, 3.8) is 0 Å². The summed E-state index contributed by atoms with van der Waals surface area (Å²) >= 11 is 0. The Bertz CT molecular complexity index is 1250. The summed E-state index contributed by atoms with van der Waals surface area (Å²) in [7, 11) is 0. The van der Waals surface area contributed by atoms with E-state index in [1.54, 1.807) is 15.7 Å². The van der Waals surface area contributed by atoms with Crippen molar-refractivity contribution in [1.29, 1.82) is 0 Å². The van der Waals surface area contributed by atoms with Gasteiger partial charge in [-0.2, -0.15) is 13.2 Å². The van der Waals surface area contributed by atoms with Gasteiger partial charge in [0.2, 0.25) is 0 Å². The largest absolute Gasteiger partial charge is 0.444 e. The van der Waals surface area contributed by atoms with Gasteiger partial charge in [0.05, 0.1) is 10.9 Å². The van der Waals surface area contributed by atoms with Crippen LogP contribution in [0.4, 0.5) is 23.8 Å². The van der Waals surface area contributed by atoms with E-state index in [4.69, 9.17) is 4.74 Å². The summed E-state index contributed by atoms with van der Waals surface area (Å²) < 4.78 is 46.9. The Balaban J connectivity index is 1.70. The number of anilines is 1. The number of fused-ring (bicyclic) bond motifs is 1. The molecule has 11 heteroatoms. The molecule has 0 aromatic carbocycles. The molecule has 4 rings (SSSR count). The fourth-order valence-corrected chi connectivity index (χ4v) is 4.34. The lowest BCUT2D eigenvalue weighted by Crippen LogP contribution is -2.59. The van der Waals surface area contributed by atoms with Gasteiger partial charge in [-0.05, 0) is 59.2 Å². The fourth-order valence-electron chi connectivity index (χ4n) is 4.34. The molecule has 2 atom stereocenters. The number of carbonyl (C=O) groups is 1. The lowest BCUT2D eigenvalue weighted by atomic mass is 10.1. The maximum absolute atomic E-state index is 13.3. The first kappa shape index (κ1) is 24.7. The van der Waals surface area contributed by atoms with Gasteiger partial charge in [0.1, 0.15) is 23.6 Å². The summed E-state index contributed by atoms with van der Waals surface area (Å²) in [4.78, 5) is 29.6. The zero-order valence-corrected chi connectivity index (χ0v) is 20.6. The molecular formula is C24H29F3N6O2. The van der Waals surface area contributed by atoms with E-state index in [0.717, 1.165) is 29.3 Å². The number of piperazine rings is 1. The van der Waals surface area contributed by atoms with Gasteiger partial charge in [0, 0.05) is 37.6 Å². The Kier molecular flexibility index (Phi) is 6.14. The molecule has 0 N–H and O–H groups in total. The predicted molar refractivity (Wildman–Crippen MR) is 126 cm³/mol. The Morgan fingerprint density at radius 1 is 1.09 bits per heavy atom. The van der Waals surface area contributed by atoms with E-state index >= 15 is 0 Å². The van der Waals surface area contributed by atoms with E-state index in [9.17, 15) is 18.0 Å². The average Bonchev–Trinajstić information content (AvgIpc) is 3.10. The standard InChI is InChI=1S/C24H29F3N6O2/c1-14-10-33(18-9-17(7-8-28-18)24(25,26)27)21-19(14)20(29-13-30-21)31-11-16(3)32(12-15(31)2)22(34)35-23(4,5)6/h7-10,13,15-16H,11-12H2,1-6H3/t15-,16+/m0/s1. The molecule has 1 fully saturated rings. The highest BCUT2D eigenvalue weighted by Crippen LogP contribution is 2.34. The van der Waals surface area contributed by atoms with E-state index < -0.39 is 17.3 Å². The molecule has 0 spiro atoms. The first-order valence-electron chi connectivity index (χ1n) is 11.4. The van der Waals surface area contributed by atoms with E-state index in [1.807, 2.05) is 41.5 Å². The molecule has 1 saturated heterocycles. The number of rotatable bonds is 2. The van der Waals surface area contributed by atoms with Crippen LogP contribution in [0.2, 0.25) is 0 Å². The summed E-state index contributed by atoms with van der Waals surface area (Å²) in [6.07, 6.45) is -0.576. The van der Waals surface area contributed by atoms with Gasteiger partial charge in [0.15, 0.2) is 5.65 Å². The molecule has 4 heterocycles. The SMILES string of the molecule is Cc1cn(-c2cc(C(F)(F)F)ccn2)c2ncnc(N3C[C@@H](C)N(C(=O)OC(C)(C)C)C[C@@H]3C)c12. The van der Waals surface area contributed by atoms with Crippen molar-refractivity contribution in [2.45, 2.75) is 65.4 Å². The number of hydrogen-bond acceptors (Lipinski definition) is 6. The van der Waals surface area contributed by atoms with Gasteiger partial charge in [-0.1, -0.05) is 0 Å². The highest BCUT2D eigenvalue weighted by molar-refractivity contribution is 5.92. The number of alkyl halides is 3. The number of aromatic nitrogens is 4. The first-order valence-corrected chi connectivity index (χ1v) is 11.4. The summed E-state index contributed by atoms with van der Waals surface area (Å²) in [5.41, 5.74) is -0.0945. The second kappa shape index (κ2) is 8.69. The van der Waals surface area contributed by atoms with Gasteiger partial charge in [0.25, 0.3) is 0 Å². The van der Waals surface area contributed by atoms with Crippen molar-refractivity contribution >= 4 is 22.9 Å². The lowest BCUT2D eigenvalue weighted by molar-refractivity contribution is -0.137. The molecule has 3 aromatic heterocycles. The Morgan fingerprint density at radius 3 is 2.46 bits per heavy atom. The third-order valence-electron chi connectivity index (χ3n) is 5.96. The molecule has 0 bridgehead atoms. The minimum Gasteiger partial charge on any atom is -0.444 e. The summed E-state index contributed by atoms with van der Waals surface area (Å²) in [5.74, 6) is 0.792. The Labute approximate surface area is 201 Å². The van der Waals surface area contributed by atoms with Gasteiger partial charge >= 0.3 is 12.3 Å². The smallest absolute Gasteiger partial charge is 0.416 e. The van der Waals surface area contributed by atoms with Crippen LogP contribution >= 0.6 is 0 Å². The highest BCUT2D eigenvalue weighted by atomic mass is 19.4. The predicted octanol–water partition coefficient (Wildman–Crippen LogP) is 4.98. The van der Waals surface area contributed by atoms with E-state index in [2.05, 4.69) is 19.9 Å². The second-order valence-corrected chi connectivity index (χ2v) is 9.96. The van der Waals surface area contributed by atoms with Crippen molar-refractivity contribution in [2.24, 2.45) is 0 Å². The molecule has 188 valence electrons. The van der Waals surface area contributed by atoms with Crippen LogP contribution in [0.15, 0.2) is 30.9 Å². The minimum absolute atomic E-state index is 0.0775. The topological polar surface area (TPSA) is 76.4 Å². The van der Waals surface area contributed by atoms with E-state index in [-0.39, 0.29) is 24.0 Å². The van der Waals surface area contributed by atoms with Crippen LogP contribution in [0.5, 0.6) is 0 Å².